The van der Waals surface area contributed by atoms with E-state index in [1.165, 1.54) is 0 Å². The van der Waals surface area contributed by atoms with Crippen molar-refractivity contribution in [1.82, 2.24) is 9.84 Å². The molecule has 0 aromatic carbocycles. The van der Waals surface area contributed by atoms with Crippen molar-refractivity contribution in [3.8, 4) is 0 Å². The van der Waals surface area contributed by atoms with E-state index in [9.17, 15) is 8.42 Å². The van der Waals surface area contributed by atoms with Gasteiger partial charge in [0, 0.05) is 6.54 Å². The normalized spacial score (nSPS) is 13.0. The summed E-state index contributed by atoms with van der Waals surface area (Å²) in [6.07, 6.45) is 1.07. The Kier molecular flexibility index (Phi) is 4.67. The lowest BCUT2D eigenvalue weighted by Gasteiger charge is -2.12. The first kappa shape index (κ1) is 12.1. The Hall–Kier alpha value is -0.860. The molecule has 0 rings (SSSR count). The SMILES string of the molecule is C/C(N)=N/N(N)CCNS(C)(=O)=O. The predicted octanol–water partition coefficient (Wildman–Crippen LogP) is -2.00. The third-order valence-corrected chi connectivity index (χ3v) is 1.72. The standard InChI is InChI=1S/C5H15N5O2S/c1-5(6)9-10(7)4-3-8-13(2,11)12/h8H,3-4,7H2,1-2H3,(H2,6,9). The highest BCUT2D eigenvalue weighted by Crippen LogP contribution is 1.79. The molecule has 0 bridgehead atoms. The molecule has 0 aliphatic carbocycles. The second-order valence-corrected chi connectivity index (χ2v) is 4.40. The first-order valence-corrected chi connectivity index (χ1v) is 5.48. The fourth-order valence-electron chi connectivity index (χ4n) is 0.598. The van der Waals surface area contributed by atoms with Gasteiger partial charge in [-0.15, -0.1) is 5.10 Å². The summed E-state index contributed by atoms with van der Waals surface area (Å²) in [4.78, 5) is 0. The van der Waals surface area contributed by atoms with Gasteiger partial charge in [-0.1, -0.05) is 0 Å². The molecule has 0 saturated carbocycles. The summed E-state index contributed by atoms with van der Waals surface area (Å²) in [6, 6.07) is 0. The van der Waals surface area contributed by atoms with Crippen LogP contribution in [-0.2, 0) is 10.0 Å². The molecule has 0 radical (unpaired) electrons. The smallest absolute Gasteiger partial charge is 0.208 e. The molecule has 0 atom stereocenters. The largest absolute Gasteiger partial charge is 0.386 e. The highest BCUT2D eigenvalue weighted by atomic mass is 32.2. The molecule has 0 aliphatic heterocycles. The highest BCUT2D eigenvalue weighted by molar-refractivity contribution is 7.88. The van der Waals surface area contributed by atoms with Gasteiger partial charge in [0.2, 0.25) is 10.0 Å². The molecule has 13 heavy (non-hydrogen) atoms. The van der Waals surface area contributed by atoms with E-state index in [-0.39, 0.29) is 13.1 Å². The van der Waals surface area contributed by atoms with Gasteiger partial charge in [0.25, 0.3) is 0 Å². The molecule has 5 N–H and O–H groups in total. The summed E-state index contributed by atoms with van der Waals surface area (Å²) >= 11 is 0. The maximum Gasteiger partial charge on any atom is 0.208 e. The first-order chi connectivity index (χ1) is 5.81. The van der Waals surface area contributed by atoms with E-state index < -0.39 is 10.0 Å². The van der Waals surface area contributed by atoms with Crippen molar-refractivity contribution >= 4 is 15.9 Å². The highest BCUT2D eigenvalue weighted by Gasteiger charge is 2.00. The molecule has 0 amide bonds. The number of amidine groups is 1. The van der Waals surface area contributed by atoms with Crippen molar-refractivity contribution in [3.63, 3.8) is 0 Å². The lowest BCUT2D eigenvalue weighted by molar-refractivity contribution is 0.304. The molecule has 0 saturated heterocycles. The quantitative estimate of drug-likeness (QED) is 0.210. The van der Waals surface area contributed by atoms with Crippen LogP contribution >= 0.6 is 0 Å². The van der Waals surface area contributed by atoms with Gasteiger partial charge < -0.3 is 5.73 Å². The van der Waals surface area contributed by atoms with Crippen LogP contribution in [0.2, 0.25) is 0 Å². The van der Waals surface area contributed by atoms with Crippen LogP contribution in [0, 0.1) is 0 Å². The third-order valence-electron chi connectivity index (χ3n) is 0.991. The summed E-state index contributed by atoms with van der Waals surface area (Å²) in [5.74, 6) is 5.66. The molecule has 0 aromatic heterocycles. The summed E-state index contributed by atoms with van der Waals surface area (Å²) in [6.45, 7) is 2.05. The molecule has 0 fully saturated rings. The van der Waals surface area contributed by atoms with Gasteiger partial charge in [-0.25, -0.2) is 24.1 Å². The molecule has 0 aliphatic rings. The van der Waals surface area contributed by atoms with E-state index in [0.29, 0.717) is 5.84 Å². The van der Waals surface area contributed by atoms with Crippen LogP contribution in [-0.4, -0.2) is 38.7 Å². The van der Waals surface area contributed by atoms with Crippen molar-refractivity contribution in [1.29, 1.82) is 0 Å². The van der Waals surface area contributed by atoms with E-state index in [4.69, 9.17) is 11.6 Å². The van der Waals surface area contributed by atoms with Gasteiger partial charge in [-0.05, 0) is 6.92 Å². The summed E-state index contributed by atoms with van der Waals surface area (Å²) in [7, 11) is -3.16. The number of nitrogens with zero attached hydrogens (tertiary/aromatic N) is 2. The molecule has 78 valence electrons. The zero-order chi connectivity index (χ0) is 10.5. The summed E-state index contributed by atoms with van der Waals surface area (Å²) in [5.41, 5.74) is 5.24. The predicted molar refractivity (Wildman–Crippen MR) is 51.0 cm³/mol. The summed E-state index contributed by atoms with van der Waals surface area (Å²) < 4.78 is 23.5. The Labute approximate surface area is 77.8 Å². The Morgan fingerprint density at radius 2 is 2.15 bits per heavy atom. The number of hydrogen-bond acceptors (Lipinski definition) is 5. The molecule has 0 heterocycles. The zero-order valence-electron chi connectivity index (χ0n) is 7.69. The van der Waals surface area contributed by atoms with Gasteiger partial charge in [-0.3, -0.25) is 0 Å². The topological polar surface area (TPSA) is 114 Å². The molecule has 7 nitrogen and oxygen atoms in total. The number of rotatable bonds is 5. The van der Waals surface area contributed by atoms with Crippen molar-refractivity contribution in [2.24, 2.45) is 16.7 Å². The fraction of sp³-hybridized carbons (Fsp3) is 0.800. The summed E-state index contributed by atoms with van der Waals surface area (Å²) in [5, 5.41) is 4.74. The monoisotopic (exact) mass is 209 g/mol. The minimum Gasteiger partial charge on any atom is -0.386 e. The second kappa shape index (κ2) is 5.00. The van der Waals surface area contributed by atoms with Crippen molar-refractivity contribution in [2.75, 3.05) is 19.3 Å². The number of nitrogens with two attached hydrogens (primary N) is 2. The molecular weight excluding hydrogens is 194 g/mol. The minimum atomic E-state index is -3.16. The number of hydrazine groups is 1. The maximum absolute atomic E-state index is 10.6. The van der Waals surface area contributed by atoms with E-state index in [0.717, 1.165) is 11.4 Å². The molecule has 0 unspecified atom stereocenters. The maximum atomic E-state index is 10.6. The number of hydrazone groups is 1. The van der Waals surface area contributed by atoms with Gasteiger partial charge in [-0.2, -0.15) is 0 Å². The van der Waals surface area contributed by atoms with Crippen LogP contribution in [0.4, 0.5) is 0 Å². The van der Waals surface area contributed by atoms with Gasteiger partial charge in [0.05, 0.1) is 12.8 Å². The van der Waals surface area contributed by atoms with Crippen molar-refractivity contribution < 1.29 is 8.42 Å². The first-order valence-electron chi connectivity index (χ1n) is 3.59. The van der Waals surface area contributed by atoms with E-state index >= 15 is 0 Å². The lowest BCUT2D eigenvalue weighted by Crippen LogP contribution is -2.36. The Morgan fingerprint density at radius 1 is 1.62 bits per heavy atom. The lowest BCUT2D eigenvalue weighted by atomic mass is 10.7. The molecular formula is C5H15N5O2S. The number of nitrogens with one attached hydrogen (secondary N) is 1. The molecule has 0 aromatic rings. The van der Waals surface area contributed by atoms with Gasteiger partial charge in [0.1, 0.15) is 5.84 Å². The van der Waals surface area contributed by atoms with E-state index in [2.05, 4.69) is 9.82 Å². The Balaban J connectivity index is 3.73. The van der Waals surface area contributed by atoms with E-state index in [1.54, 1.807) is 6.92 Å². The van der Waals surface area contributed by atoms with Crippen molar-refractivity contribution in [3.05, 3.63) is 0 Å². The number of hydrogen-bond donors (Lipinski definition) is 3. The zero-order valence-corrected chi connectivity index (χ0v) is 8.50. The molecule has 0 spiro atoms. The Morgan fingerprint density at radius 3 is 2.54 bits per heavy atom. The van der Waals surface area contributed by atoms with Crippen LogP contribution in [0.5, 0.6) is 0 Å². The van der Waals surface area contributed by atoms with Crippen molar-refractivity contribution in [2.45, 2.75) is 6.92 Å². The average molecular weight is 209 g/mol. The minimum absolute atomic E-state index is 0.201. The van der Waals surface area contributed by atoms with Crippen LogP contribution in [0.3, 0.4) is 0 Å². The fourth-order valence-corrected chi connectivity index (χ4v) is 1.06. The van der Waals surface area contributed by atoms with E-state index in [1.807, 2.05) is 0 Å². The Bertz CT molecular complexity index is 269. The third kappa shape index (κ3) is 9.05. The number of sulfonamides is 1. The van der Waals surface area contributed by atoms with Gasteiger partial charge in [0.15, 0.2) is 0 Å². The second-order valence-electron chi connectivity index (χ2n) is 2.57. The molecule has 8 heteroatoms. The average Bonchev–Trinajstić information content (AvgIpc) is 1.81. The van der Waals surface area contributed by atoms with Crippen LogP contribution < -0.4 is 16.3 Å². The van der Waals surface area contributed by atoms with Crippen LogP contribution in [0.15, 0.2) is 5.10 Å². The van der Waals surface area contributed by atoms with Crippen LogP contribution in [0.1, 0.15) is 6.92 Å². The van der Waals surface area contributed by atoms with Crippen LogP contribution in [0.25, 0.3) is 0 Å². The van der Waals surface area contributed by atoms with Gasteiger partial charge >= 0.3 is 0 Å².